The van der Waals surface area contributed by atoms with E-state index in [1.165, 1.54) is 6.20 Å². The average Bonchev–Trinajstić information content (AvgIpc) is 2.04. The van der Waals surface area contributed by atoms with E-state index in [1.807, 2.05) is 6.92 Å². The Balaban J connectivity index is 3.03. The van der Waals surface area contributed by atoms with E-state index in [9.17, 15) is 4.79 Å². The van der Waals surface area contributed by atoms with Gasteiger partial charge in [0.05, 0.1) is 6.20 Å². The number of rotatable bonds is 2. The first-order valence-electron chi connectivity index (χ1n) is 3.34. The Morgan fingerprint density at radius 2 is 2.55 bits per heavy atom. The third kappa shape index (κ3) is 1.80. The first-order valence-corrected chi connectivity index (χ1v) is 3.87. The van der Waals surface area contributed by atoms with Crippen molar-refractivity contribution >= 4 is 11.6 Å². The van der Waals surface area contributed by atoms with Gasteiger partial charge in [-0.25, -0.2) is 0 Å². The molecular weight excluding hydrogens is 164 g/mol. The first-order chi connectivity index (χ1) is 5.25. The summed E-state index contributed by atoms with van der Waals surface area (Å²) in [6.07, 6.45) is 4.49. The molecule has 1 aromatic rings. The molecule has 1 rings (SSSR count). The normalized spacial score (nSPS) is 12.9. The molecule has 1 aromatic heterocycles. The minimum atomic E-state index is -0.111. The fraction of sp³-hybridized carbons (Fsp3) is 0.429. The van der Waals surface area contributed by atoms with Crippen LogP contribution in [0.5, 0.6) is 0 Å². The van der Waals surface area contributed by atoms with Gasteiger partial charge in [-0.15, -0.1) is 11.6 Å². The van der Waals surface area contributed by atoms with Crippen LogP contribution >= 0.6 is 11.6 Å². The molecule has 0 aliphatic heterocycles. The predicted octanol–water partition coefficient (Wildman–Crippen LogP) is 1.04. The third-order valence-corrected chi connectivity index (χ3v) is 1.90. The van der Waals surface area contributed by atoms with Gasteiger partial charge >= 0.3 is 0 Å². The molecule has 0 fully saturated rings. The lowest BCUT2D eigenvalue weighted by Crippen LogP contribution is -2.22. The van der Waals surface area contributed by atoms with E-state index in [-0.39, 0.29) is 11.6 Å². The van der Waals surface area contributed by atoms with E-state index in [4.69, 9.17) is 11.6 Å². The van der Waals surface area contributed by atoms with Gasteiger partial charge in [-0.3, -0.25) is 9.78 Å². The molecule has 0 aliphatic carbocycles. The van der Waals surface area contributed by atoms with Crippen LogP contribution in [-0.2, 0) is 0 Å². The molecule has 1 unspecified atom stereocenters. The molecule has 0 saturated carbocycles. The number of aromatic nitrogens is 2. The Kier molecular flexibility index (Phi) is 2.65. The molecule has 0 spiro atoms. The monoisotopic (exact) mass is 172 g/mol. The number of halogens is 1. The minimum absolute atomic E-state index is 0.0344. The smallest absolute Gasteiger partial charge is 0.269 e. The summed E-state index contributed by atoms with van der Waals surface area (Å²) in [5.74, 6) is 0.434. The zero-order valence-electron chi connectivity index (χ0n) is 6.20. The molecule has 0 bridgehead atoms. The molecule has 60 valence electrons. The first kappa shape index (κ1) is 8.27. The largest absolute Gasteiger partial charge is 0.309 e. The van der Waals surface area contributed by atoms with E-state index in [1.54, 1.807) is 17.0 Å². The van der Waals surface area contributed by atoms with E-state index in [0.717, 1.165) is 0 Å². The lowest BCUT2D eigenvalue weighted by molar-refractivity contribution is 0.579. The van der Waals surface area contributed by atoms with Crippen LogP contribution in [0.2, 0.25) is 0 Å². The highest BCUT2D eigenvalue weighted by Gasteiger charge is 2.02. The molecule has 1 atom stereocenters. The zero-order chi connectivity index (χ0) is 8.27. The van der Waals surface area contributed by atoms with Crippen LogP contribution in [-0.4, -0.2) is 15.4 Å². The number of hydrogen-bond acceptors (Lipinski definition) is 2. The fourth-order valence-electron chi connectivity index (χ4n) is 0.796. The van der Waals surface area contributed by atoms with Gasteiger partial charge in [0, 0.05) is 24.3 Å². The third-order valence-electron chi connectivity index (χ3n) is 1.45. The van der Waals surface area contributed by atoms with Crippen molar-refractivity contribution in [3.8, 4) is 0 Å². The summed E-state index contributed by atoms with van der Waals surface area (Å²) in [5, 5.41) is 0. The summed E-state index contributed by atoms with van der Waals surface area (Å²) in [6.45, 7) is 1.88. The van der Waals surface area contributed by atoms with Gasteiger partial charge in [0.25, 0.3) is 5.56 Å². The second-order valence-electron chi connectivity index (χ2n) is 2.33. The molecule has 0 saturated heterocycles. The van der Waals surface area contributed by atoms with Crippen molar-refractivity contribution in [2.45, 2.75) is 13.0 Å². The standard InChI is InChI=1S/C7H9ClN2O/c1-6(4-8)10-3-2-9-5-7(10)11/h2-3,5-6H,4H2,1H3. The van der Waals surface area contributed by atoms with Crippen LogP contribution in [0.25, 0.3) is 0 Å². The van der Waals surface area contributed by atoms with Crippen LogP contribution in [0.4, 0.5) is 0 Å². The second kappa shape index (κ2) is 3.53. The topological polar surface area (TPSA) is 34.9 Å². The quantitative estimate of drug-likeness (QED) is 0.625. The Morgan fingerprint density at radius 3 is 3.09 bits per heavy atom. The molecule has 1 heterocycles. The molecule has 0 radical (unpaired) electrons. The van der Waals surface area contributed by atoms with Crippen LogP contribution in [0.1, 0.15) is 13.0 Å². The summed E-state index contributed by atoms with van der Waals surface area (Å²) >= 11 is 5.58. The van der Waals surface area contributed by atoms with Crippen molar-refractivity contribution in [1.29, 1.82) is 0 Å². The van der Waals surface area contributed by atoms with Crippen LogP contribution in [0.3, 0.4) is 0 Å². The molecule has 11 heavy (non-hydrogen) atoms. The average molecular weight is 173 g/mol. The van der Waals surface area contributed by atoms with Crippen molar-refractivity contribution in [3.05, 3.63) is 28.9 Å². The maximum atomic E-state index is 11.1. The van der Waals surface area contributed by atoms with Crippen molar-refractivity contribution in [1.82, 2.24) is 9.55 Å². The highest BCUT2D eigenvalue weighted by atomic mass is 35.5. The molecule has 0 amide bonds. The SMILES string of the molecule is CC(CCl)n1ccncc1=O. The van der Waals surface area contributed by atoms with Gasteiger partial charge in [0.2, 0.25) is 0 Å². The predicted molar refractivity (Wildman–Crippen MR) is 43.9 cm³/mol. The summed E-state index contributed by atoms with van der Waals surface area (Å²) in [6, 6.07) is 0.0344. The lowest BCUT2D eigenvalue weighted by Gasteiger charge is -2.09. The molecule has 0 aliphatic rings. The second-order valence-corrected chi connectivity index (χ2v) is 2.63. The van der Waals surface area contributed by atoms with Crippen molar-refractivity contribution < 1.29 is 0 Å². The summed E-state index contributed by atoms with van der Waals surface area (Å²) < 4.78 is 1.56. The van der Waals surface area contributed by atoms with Gasteiger partial charge in [-0.1, -0.05) is 0 Å². The Morgan fingerprint density at radius 1 is 1.82 bits per heavy atom. The summed E-state index contributed by atoms with van der Waals surface area (Å²) in [5.41, 5.74) is -0.111. The Hall–Kier alpha value is -0.830. The lowest BCUT2D eigenvalue weighted by atomic mass is 10.4. The summed E-state index contributed by atoms with van der Waals surface area (Å²) in [7, 11) is 0. The van der Waals surface area contributed by atoms with Gasteiger partial charge < -0.3 is 4.57 Å². The van der Waals surface area contributed by atoms with Crippen molar-refractivity contribution in [3.63, 3.8) is 0 Å². The van der Waals surface area contributed by atoms with E-state index < -0.39 is 0 Å². The molecule has 0 aromatic carbocycles. The molecular formula is C7H9ClN2O. The van der Waals surface area contributed by atoms with E-state index in [2.05, 4.69) is 4.98 Å². The minimum Gasteiger partial charge on any atom is -0.309 e. The van der Waals surface area contributed by atoms with Crippen LogP contribution < -0.4 is 5.56 Å². The van der Waals surface area contributed by atoms with Gasteiger partial charge in [0.15, 0.2) is 0 Å². The molecule has 3 nitrogen and oxygen atoms in total. The fourth-order valence-corrected chi connectivity index (χ4v) is 0.944. The molecule has 4 heteroatoms. The number of hydrogen-bond donors (Lipinski definition) is 0. The highest BCUT2D eigenvalue weighted by molar-refractivity contribution is 6.18. The molecule has 0 N–H and O–H groups in total. The Bertz CT molecular complexity index is 284. The van der Waals surface area contributed by atoms with E-state index in [0.29, 0.717) is 5.88 Å². The Labute approximate surface area is 69.6 Å². The van der Waals surface area contributed by atoms with Crippen LogP contribution in [0.15, 0.2) is 23.4 Å². The maximum absolute atomic E-state index is 11.1. The van der Waals surface area contributed by atoms with Crippen molar-refractivity contribution in [2.75, 3.05) is 5.88 Å². The van der Waals surface area contributed by atoms with Crippen molar-refractivity contribution in [2.24, 2.45) is 0 Å². The highest BCUT2D eigenvalue weighted by Crippen LogP contribution is 2.01. The maximum Gasteiger partial charge on any atom is 0.269 e. The van der Waals surface area contributed by atoms with Gasteiger partial charge in [0.1, 0.15) is 0 Å². The van der Waals surface area contributed by atoms with Gasteiger partial charge in [-0.2, -0.15) is 0 Å². The van der Waals surface area contributed by atoms with E-state index >= 15 is 0 Å². The number of alkyl halides is 1. The zero-order valence-corrected chi connectivity index (χ0v) is 6.95. The van der Waals surface area contributed by atoms with Crippen LogP contribution in [0, 0.1) is 0 Å². The summed E-state index contributed by atoms with van der Waals surface area (Å²) in [4.78, 5) is 14.7. The number of nitrogens with zero attached hydrogens (tertiary/aromatic N) is 2. The van der Waals surface area contributed by atoms with Gasteiger partial charge in [-0.05, 0) is 6.92 Å².